The number of carbonyl (C=O) groups is 4. The molecule has 3 atom stereocenters. The summed E-state index contributed by atoms with van der Waals surface area (Å²) in [7, 11) is 0. The molecular formula is C35H24ClNO5. The number of ether oxygens (including phenoxy) is 1. The summed E-state index contributed by atoms with van der Waals surface area (Å²) >= 11 is 6.49. The Balaban J connectivity index is 1.49. The molecule has 0 amide bonds. The minimum Gasteiger partial charge on any atom is -0.427 e. The maximum atomic E-state index is 14.7. The first kappa shape index (κ1) is 26.1. The van der Waals surface area contributed by atoms with E-state index in [1.165, 1.54) is 6.92 Å². The van der Waals surface area contributed by atoms with Crippen LogP contribution in [0.4, 0.5) is 5.69 Å². The average molecular weight is 574 g/mol. The van der Waals surface area contributed by atoms with E-state index in [9.17, 15) is 19.2 Å². The summed E-state index contributed by atoms with van der Waals surface area (Å²) in [6.45, 7) is 1.31. The molecule has 0 aromatic heterocycles. The average Bonchev–Trinajstić information content (AvgIpc) is 3.43. The molecule has 1 saturated heterocycles. The summed E-state index contributed by atoms with van der Waals surface area (Å²) in [6, 6.07) is 26.3. The summed E-state index contributed by atoms with van der Waals surface area (Å²) in [5.41, 5.74) is 1.76. The monoisotopic (exact) mass is 573 g/mol. The van der Waals surface area contributed by atoms with E-state index < -0.39 is 29.4 Å². The number of halogens is 1. The van der Waals surface area contributed by atoms with Crippen molar-refractivity contribution in [2.45, 2.75) is 24.9 Å². The highest BCUT2D eigenvalue weighted by Gasteiger charge is 2.71. The molecule has 1 spiro atoms. The van der Waals surface area contributed by atoms with Gasteiger partial charge in [-0.05, 0) is 53.6 Å². The number of para-hydroxylation sites is 1. The summed E-state index contributed by atoms with van der Waals surface area (Å²) in [4.78, 5) is 57.4. The Kier molecular flexibility index (Phi) is 5.99. The van der Waals surface area contributed by atoms with Gasteiger partial charge in [-0.15, -0.1) is 0 Å². The number of hydrogen-bond acceptors (Lipinski definition) is 6. The van der Waals surface area contributed by atoms with Crippen LogP contribution >= 0.6 is 11.6 Å². The molecule has 6 nitrogen and oxygen atoms in total. The van der Waals surface area contributed by atoms with Gasteiger partial charge in [0.15, 0.2) is 17.3 Å². The van der Waals surface area contributed by atoms with Crippen LogP contribution in [-0.2, 0) is 4.79 Å². The van der Waals surface area contributed by atoms with Crippen molar-refractivity contribution in [2.24, 2.45) is 5.41 Å². The predicted octanol–water partition coefficient (Wildman–Crippen LogP) is 6.58. The second-order valence-corrected chi connectivity index (χ2v) is 11.2. The van der Waals surface area contributed by atoms with Gasteiger partial charge in [-0.2, -0.15) is 0 Å². The molecule has 1 unspecified atom stereocenters. The lowest BCUT2D eigenvalue weighted by Crippen LogP contribution is -2.48. The molecule has 2 aliphatic heterocycles. The van der Waals surface area contributed by atoms with E-state index in [1.54, 1.807) is 66.7 Å². The molecule has 1 aliphatic carbocycles. The van der Waals surface area contributed by atoms with Crippen molar-refractivity contribution in [3.05, 3.63) is 136 Å². The molecule has 4 aromatic rings. The second-order valence-electron chi connectivity index (χ2n) is 10.8. The van der Waals surface area contributed by atoms with Crippen LogP contribution < -0.4 is 9.64 Å². The Bertz CT molecular complexity index is 1810. The van der Waals surface area contributed by atoms with E-state index in [1.807, 2.05) is 47.4 Å². The number of hydrogen-bond donors (Lipinski definition) is 0. The topological polar surface area (TPSA) is 80.8 Å². The van der Waals surface area contributed by atoms with E-state index in [0.29, 0.717) is 33.0 Å². The zero-order chi connectivity index (χ0) is 29.2. The number of Topliss-reactive ketones (excluding diaryl/α,β-unsaturated/α-hetero) is 3. The van der Waals surface area contributed by atoms with E-state index in [4.69, 9.17) is 16.3 Å². The molecule has 206 valence electrons. The highest BCUT2D eigenvalue weighted by Crippen LogP contribution is 2.61. The first-order valence-electron chi connectivity index (χ1n) is 13.6. The number of carbonyl (C=O) groups excluding carboxylic acids is 4. The third-order valence-corrected chi connectivity index (χ3v) is 8.82. The van der Waals surface area contributed by atoms with Gasteiger partial charge in [0.1, 0.15) is 17.2 Å². The van der Waals surface area contributed by atoms with Crippen LogP contribution in [0.5, 0.6) is 5.75 Å². The van der Waals surface area contributed by atoms with Crippen molar-refractivity contribution in [1.82, 2.24) is 0 Å². The molecular weight excluding hydrogens is 550 g/mol. The number of anilines is 1. The van der Waals surface area contributed by atoms with E-state index in [-0.39, 0.29) is 17.3 Å². The molecule has 7 heteroatoms. The highest BCUT2D eigenvalue weighted by atomic mass is 35.5. The number of ketones is 3. The number of fused-ring (bicyclic) bond motifs is 5. The van der Waals surface area contributed by atoms with Gasteiger partial charge in [0.2, 0.25) is 0 Å². The number of rotatable bonds is 4. The highest BCUT2D eigenvalue weighted by molar-refractivity contribution is 6.33. The van der Waals surface area contributed by atoms with Gasteiger partial charge in [-0.25, -0.2) is 0 Å². The standard InChI is InChI=1S/C35H24ClNO5/c1-20(38)42-25-16-13-22(14-17-25)32(39)31-30(23-8-6-9-24(36)19-23)35(33(40)26-10-3-4-11-27(26)34(35)41)29-18-15-21-7-2-5-12-28(21)37(29)31/h2-19,29-31H,1H3/t29?,30-,31+/m0/s1. The Hall–Kier alpha value is -4.81. The minimum atomic E-state index is -1.60. The number of nitrogens with zero attached hydrogens (tertiary/aromatic N) is 1. The maximum absolute atomic E-state index is 14.7. The van der Waals surface area contributed by atoms with Crippen molar-refractivity contribution < 1.29 is 23.9 Å². The minimum absolute atomic E-state index is 0.266. The van der Waals surface area contributed by atoms with Gasteiger partial charge in [0.25, 0.3) is 0 Å². The first-order valence-corrected chi connectivity index (χ1v) is 14.0. The van der Waals surface area contributed by atoms with Gasteiger partial charge in [-0.3, -0.25) is 19.2 Å². The Morgan fingerprint density at radius 3 is 2.17 bits per heavy atom. The SMILES string of the molecule is CC(=O)Oc1ccc(C(=O)[C@H]2[C@H](c3cccc(Cl)c3)C3(C(=O)c4ccccc4C3=O)C3C=Cc4ccccc4N32)cc1. The summed E-state index contributed by atoms with van der Waals surface area (Å²) < 4.78 is 5.18. The van der Waals surface area contributed by atoms with Crippen molar-refractivity contribution >= 4 is 46.7 Å². The van der Waals surface area contributed by atoms with Gasteiger partial charge in [-0.1, -0.05) is 78.4 Å². The van der Waals surface area contributed by atoms with Crippen molar-refractivity contribution in [3.63, 3.8) is 0 Å². The lowest BCUT2D eigenvalue weighted by molar-refractivity contribution is -0.131. The second kappa shape index (κ2) is 9.64. The Labute approximate surface area is 247 Å². The zero-order valence-electron chi connectivity index (χ0n) is 22.5. The van der Waals surface area contributed by atoms with Gasteiger partial charge in [0, 0.05) is 40.2 Å². The van der Waals surface area contributed by atoms with E-state index in [2.05, 4.69) is 0 Å². The van der Waals surface area contributed by atoms with Crippen LogP contribution in [0.2, 0.25) is 5.02 Å². The normalized spacial score (nSPS) is 21.2. The van der Waals surface area contributed by atoms with E-state index >= 15 is 0 Å². The summed E-state index contributed by atoms with van der Waals surface area (Å²) in [5, 5.41) is 0.441. The zero-order valence-corrected chi connectivity index (χ0v) is 23.2. The molecule has 3 aliphatic rings. The lowest BCUT2D eigenvalue weighted by atomic mass is 9.64. The van der Waals surface area contributed by atoms with Crippen LogP contribution in [0.3, 0.4) is 0 Å². The van der Waals surface area contributed by atoms with Crippen LogP contribution in [0.15, 0.2) is 103 Å². The lowest BCUT2D eigenvalue weighted by Gasteiger charge is -2.37. The van der Waals surface area contributed by atoms with Crippen molar-refractivity contribution in [3.8, 4) is 5.75 Å². The molecule has 0 N–H and O–H groups in total. The Morgan fingerprint density at radius 1 is 0.833 bits per heavy atom. The molecule has 1 fully saturated rings. The van der Waals surface area contributed by atoms with Crippen LogP contribution in [0.1, 0.15) is 55.0 Å². The summed E-state index contributed by atoms with van der Waals surface area (Å²) in [6.07, 6.45) is 3.82. The largest absolute Gasteiger partial charge is 0.427 e. The first-order chi connectivity index (χ1) is 20.3. The van der Waals surface area contributed by atoms with Crippen molar-refractivity contribution in [2.75, 3.05) is 4.90 Å². The molecule has 4 aromatic carbocycles. The third-order valence-electron chi connectivity index (χ3n) is 8.59. The van der Waals surface area contributed by atoms with Crippen molar-refractivity contribution in [1.29, 1.82) is 0 Å². The molecule has 2 heterocycles. The van der Waals surface area contributed by atoms with Gasteiger partial charge >= 0.3 is 5.97 Å². The molecule has 0 bridgehead atoms. The van der Waals surface area contributed by atoms with Crippen LogP contribution in [-0.4, -0.2) is 35.4 Å². The maximum Gasteiger partial charge on any atom is 0.308 e. The van der Waals surface area contributed by atoms with Crippen LogP contribution in [0.25, 0.3) is 6.08 Å². The fourth-order valence-corrected chi connectivity index (χ4v) is 7.21. The van der Waals surface area contributed by atoms with E-state index in [0.717, 1.165) is 11.3 Å². The molecule has 0 radical (unpaired) electrons. The van der Waals surface area contributed by atoms with Crippen LogP contribution in [0, 0.1) is 5.41 Å². The quantitative estimate of drug-likeness (QED) is 0.119. The predicted molar refractivity (Wildman–Crippen MR) is 159 cm³/mol. The summed E-state index contributed by atoms with van der Waals surface area (Å²) in [5.74, 6) is -1.87. The molecule has 7 rings (SSSR count). The fraction of sp³-hybridized carbons (Fsp3) is 0.143. The van der Waals surface area contributed by atoms with Gasteiger partial charge in [0.05, 0.1) is 6.04 Å². The smallest absolute Gasteiger partial charge is 0.308 e. The fourth-order valence-electron chi connectivity index (χ4n) is 7.01. The molecule has 42 heavy (non-hydrogen) atoms. The van der Waals surface area contributed by atoms with Gasteiger partial charge < -0.3 is 9.64 Å². The Morgan fingerprint density at radius 2 is 1.50 bits per heavy atom. The third kappa shape index (κ3) is 3.65. The molecule has 0 saturated carbocycles. The number of esters is 1. The number of benzene rings is 4.